The topological polar surface area (TPSA) is 69.6 Å². The van der Waals surface area contributed by atoms with Gasteiger partial charge in [-0.2, -0.15) is 0 Å². The number of hydrogen-bond acceptors (Lipinski definition) is 3. The Morgan fingerprint density at radius 1 is 1.30 bits per heavy atom. The Morgan fingerprint density at radius 2 is 2.00 bits per heavy atom. The van der Waals surface area contributed by atoms with Gasteiger partial charge in [-0.25, -0.2) is 0 Å². The molecule has 2 aliphatic rings. The van der Waals surface area contributed by atoms with Crippen LogP contribution in [0.15, 0.2) is 0 Å². The summed E-state index contributed by atoms with van der Waals surface area (Å²) in [6.45, 7) is 5.05. The van der Waals surface area contributed by atoms with Crippen LogP contribution in [0.4, 0.5) is 0 Å². The van der Waals surface area contributed by atoms with E-state index in [1.807, 2.05) is 13.8 Å². The molecule has 1 saturated heterocycles. The van der Waals surface area contributed by atoms with E-state index in [0.29, 0.717) is 18.9 Å². The van der Waals surface area contributed by atoms with Crippen molar-refractivity contribution in [2.45, 2.75) is 58.1 Å². The first kappa shape index (κ1) is 15.3. The SMILES string of the molecule is CC(C)CC(O)CNC(=O)C1CCCN1C(=O)C1CC1. The van der Waals surface area contributed by atoms with E-state index in [1.54, 1.807) is 4.90 Å². The van der Waals surface area contributed by atoms with Crippen LogP contribution in [-0.4, -0.2) is 47.1 Å². The van der Waals surface area contributed by atoms with Gasteiger partial charge < -0.3 is 15.3 Å². The van der Waals surface area contributed by atoms with E-state index < -0.39 is 6.10 Å². The van der Waals surface area contributed by atoms with Crippen LogP contribution in [0.2, 0.25) is 0 Å². The van der Waals surface area contributed by atoms with E-state index in [1.165, 1.54) is 0 Å². The predicted molar refractivity (Wildman–Crippen MR) is 75.9 cm³/mol. The average Bonchev–Trinajstić information content (AvgIpc) is 3.11. The summed E-state index contributed by atoms with van der Waals surface area (Å²) in [5.41, 5.74) is 0. The van der Waals surface area contributed by atoms with E-state index >= 15 is 0 Å². The normalized spacial score (nSPS) is 24.0. The molecule has 0 aromatic heterocycles. The number of nitrogens with zero attached hydrogens (tertiary/aromatic N) is 1. The molecule has 5 heteroatoms. The third-order valence-electron chi connectivity index (χ3n) is 4.02. The molecule has 1 aliphatic carbocycles. The Hall–Kier alpha value is -1.10. The second-order valence-corrected chi connectivity index (χ2v) is 6.49. The Labute approximate surface area is 120 Å². The zero-order valence-electron chi connectivity index (χ0n) is 12.5. The molecule has 2 N–H and O–H groups in total. The van der Waals surface area contributed by atoms with Crippen molar-refractivity contribution in [1.82, 2.24) is 10.2 Å². The molecule has 1 heterocycles. The highest BCUT2D eigenvalue weighted by Gasteiger charge is 2.40. The lowest BCUT2D eigenvalue weighted by atomic mass is 10.1. The number of amides is 2. The molecule has 0 bridgehead atoms. The smallest absolute Gasteiger partial charge is 0.242 e. The maximum atomic E-state index is 12.2. The van der Waals surface area contributed by atoms with E-state index in [0.717, 1.165) is 25.7 Å². The molecule has 1 saturated carbocycles. The van der Waals surface area contributed by atoms with Crippen molar-refractivity contribution in [3.05, 3.63) is 0 Å². The molecule has 0 radical (unpaired) electrons. The lowest BCUT2D eigenvalue weighted by Gasteiger charge is -2.24. The minimum Gasteiger partial charge on any atom is -0.391 e. The van der Waals surface area contributed by atoms with Crippen molar-refractivity contribution in [2.75, 3.05) is 13.1 Å². The number of hydrogen-bond donors (Lipinski definition) is 2. The molecule has 20 heavy (non-hydrogen) atoms. The number of carbonyl (C=O) groups excluding carboxylic acids is 2. The van der Waals surface area contributed by atoms with Crippen LogP contribution >= 0.6 is 0 Å². The van der Waals surface area contributed by atoms with Crippen LogP contribution in [0.1, 0.15) is 46.0 Å². The Bertz CT molecular complexity index is 366. The highest BCUT2D eigenvalue weighted by Crippen LogP contribution is 2.33. The maximum absolute atomic E-state index is 12.2. The number of aliphatic hydroxyl groups excluding tert-OH is 1. The van der Waals surface area contributed by atoms with E-state index in [-0.39, 0.29) is 30.3 Å². The average molecular weight is 282 g/mol. The quantitative estimate of drug-likeness (QED) is 0.761. The zero-order valence-corrected chi connectivity index (χ0v) is 12.5. The first-order valence-electron chi connectivity index (χ1n) is 7.75. The summed E-state index contributed by atoms with van der Waals surface area (Å²) in [6.07, 6.45) is 3.74. The van der Waals surface area contributed by atoms with Gasteiger partial charge in [0.15, 0.2) is 0 Å². The Balaban J connectivity index is 1.80. The molecule has 0 aromatic rings. The minimum atomic E-state index is -0.507. The fourth-order valence-corrected chi connectivity index (χ4v) is 2.83. The largest absolute Gasteiger partial charge is 0.391 e. The number of nitrogens with one attached hydrogen (secondary N) is 1. The lowest BCUT2D eigenvalue weighted by Crippen LogP contribution is -2.48. The first-order chi connectivity index (χ1) is 9.49. The van der Waals surface area contributed by atoms with E-state index in [2.05, 4.69) is 5.32 Å². The van der Waals surface area contributed by atoms with Crippen LogP contribution in [0.5, 0.6) is 0 Å². The highest BCUT2D eigenvalue weighted by atomic mass is 16.3. The molecule has 2 atom stereocenters. The van der Waals surface area contributed by atoms with Gasteiger partial charge in [-0.05, 0) is 38.0 Å². The fraction of sp³-hybridized carbons (Fsp3) is 0.867. The summed E-state index contributed by atoms with van der Waals surface area (Å²) in [4.78, 5) is 26.0. The van der Waals surface area contributed by atoms with E-state index in [9.17, 15) is 14.7 Å². The van der Waals surface area contributed by atoms with Crippen molar-refractivity contribution in [3.8, 4) is 0 Å². The van der Waals surface area contributed by atoms with Gasteiger partial charge in [-0.3, -0.25) is 9.59 Å². The molecule has 5 nitrogen and oxygen atoms in total. The third-order valence-corrected chi connectivity index (χ3v) is 4.02. The maximum Gasteiger partial charge on any atom is 0.242 e. The number of carbonyl (C=O) groups is 2. The molecule has 2 fully saturated rings. The number of likely N-dealkylation sites (tertiary alicyclic amines) is 1. The Morgan fingerprint density at radius 3 is 2.60 bits per heavy atom. The van der Waals surface area contributed by atoms with Gasteiger partial charge in [0.05, 0.1) is 6.10 Å². The molecule has 114 valence electrons. The van der Waals surface area contributed by atoms with Gasteiger partial charge in [0.25, 0.3) is 0 Å². The monoisotopic (exact) mass is 282 g/mol. The summed E-state index contributed by atoms with van der Waals surface area (Å²) in [5.74, 6) is 0.598. The van der Waals surface area contributed by atoms with Crippen molar-refractivity contribution >= 4 is 11.8 Å². The third kappa shape index (κ3) is 3.95. The van der Waals surface area contributed by atoms with Gasteiger partial charge in [-0.1, -0.05) is 13.8 Å². The van der Waals surface area contributed by atoms with Crippen LogP contribution in [0.3, 0.4) is 0 Å². The van der Waals surface area contributed by atoms with Gasteiger partial charge in [0.2, 0.25) is 11.8 Å². The van der Waals surface area contributed by atoms with Gasteiger partial charge in [-0.15, -0.1) is 0 Å². The molecular formula is C15H26N2O3. The lowest BCUT2D eigenvalue weighted by molar-refractivity contribution is -0.139. The van der Waals surface area contributed by atoms with Crippen LogP contribution in [0, 0.1) is 11.8 Å². The molecular weight excluding hydrogens is 256 g/mol. The summed E-state index contributed by atoms with van der Waals surface area (Å²) in [7, 11) is 0. The first-order valence-corrected chi connectivity index (χ1v) is 7.75. The second-order valence-electron chi connectivity index (χ2n) is 6.49. The number of rotatable bonds is 6. The van der Waals surface area contributed by atoms with Gasteiger partial charge >= 0.3 is 0 Å². The van der Waals surface area contributed by atoms with Crippen molar-refractivity contribution < 1.29 is 14.7 Å². The zero-order chi connectivity index (χ0) is 14.7. The molecule has 2 amide bonds. The van der Waals surface area contributed by atoms with Crippen molar-refractivity contribution in [2.24, 2.45) is 11.8 Å². The molecule has 2 unspecified atom stereocenters. The summed E-state index contributed by atoms with van der Waals surface area (Å²) in [5, 5.41) is 12.6. The van der Waals surface area contributed by atoms with Crippen LogP contribution < -0.4 is 5.32 Å². The van der Waals surface area contributed by atoms with Crippen LogP contribution in [-0.2, 0) is 9.59 Å². The number of aliphatic hydroxyl groups is 1. The Kier molecular flexibility index (Phi) is 5.02. The molecule has 2 rings (SSSR count). The minimum absolute atomic E-state index is 0.112. The van der Waals surface area contributed by atoms with Crippen LogP contribution in [0.25, 0.3) is 0 Å². The molecule has 0 spiro atoms. The summed E-state index contributed by atoms with van der Waals surface area (Å²) in [6, 6.07) is -0.325. The van der Waals surface area contributed by atoms with Crippen molar-refractivity contribution in [3.63, 3.8) is 0 Å². The van der Waals surface area contributed by atoms with Gasteiger partial charge in [0, 0.05) is 19.0 Å². The molecule has 0 aromatic carbocycles. The van der Waals surface area contributed by atoms with Crippen molar-refractivity contribution in [1.29, 1.82) is 0 Å². The second kappa shape index (κ2) is 6.57. The van der Waals surface area contributed by atoms with Gasteiger partial charge in [0.1, 0.15) is 6.04 Å². The predicted octanol–water partition coefficient (Wildman–Crippen LogP) is 0.911. The highest BCUT2D eigenvalue weighted by molar-refractivity contribution is 5.89. The summed E-state index contributed by atoms with van der Waals surface area (Å²) < 4.78 is 0. The summed E-state index contributed by atoms with van der Waals surface area (Å²) >= 11 is 0. The standard InChI is InChI=1S/C15H26N2O3/c1-10(2)8-12(18)9-16-14(19)13-4-3-7-17(13)15(20)11-5-6-11/h10-13,18H,3-9H2,1-2H3,(H,16,19). The van der Waals surface area contributed by atoms with E-state index in [4.69, 9.17) is 0 Å². The fourth-order valence-electron chi connectivity index (χ4n) is 2.83. The molecule has 1 aliphatic heterocycles.